The van der Waals surface area contributed by atoms with Gasteiger partial charge < -0.3 is 10.6 Å². The van der Waals surface area contributed by atoms with Crippen LogP contribution in [0.4, 0.5) is 22.0 Å². The molecule has 4 nitrogen and oxygen atoms in total. The lowest BCUT2D eigenvalue weighted by atomic mass is 10.1. The molecule has 1 atom stereocenters. The summed E-state index contributed by atoms with van der Waals surface area (Å²) in [7, 11) is 0. The molecule has 0 saturated carbocycles. The van der Waals surface area contributed by atoms with Crippen molar-refractivity contribution in [2.45, 2.75) is 37.9 Å². The van der Waals surface area contributed by atoms with Crippen LogP contribution in [0.2, 0.25) is 0 Å². The Balaban J connectivity index is 2.62. The molecule has 1 unspecified atom stereocenters. The van der Waals surface area contributed by atoms with Gasteiger partial charge >= 0.3 is 18.0 Å². The smallest absolute Gasteiger partial charge is 0.335 e. The van der Waals surface area contributed by atoms with Crippen LogP contribution in [0.1, 0.15) is 19.8 Å². The van der Waals surface area contributed by atoms with Crippen molar-refractivity contribution in [2.75, 3.05) is 32.7 Å². The molecule has 1 fully saturated rings. The van der Waals surface area contributed by atoms with Crippen molar-refractivity contribution in [1.82, 2.24) is 9.80 Å². The molecular formula is C12H20F5N3O. The molecule has 124 valence electrons. The van der Waals surface area contributed by atoms with Gasteiger partial charge in [0.1, 0.15) is 0 Å². The second-order valence-electron chi connectivity index (χ2n) is 5.04. The quantitative estimate of drug-likeness (QED) is 0.781. The van der Waals surface area contributed by atoms with Crippen LogP contribution in [0.3, 0.4) is 0 Å². The number of amides is 1. The summed E-state index contributed by atoms with van der Waals surface area (Å²) in [5.41, 5.74) is 5.48. The summed E-state index contributed by atoms with van der Waals surface area (Å²) in [6.45, 7) is 2.72. The topological polar surface area (TPSA) is 49.6 Å². The Hall–Kier alpha value is -0.960. The van der Waals surface area contributed by atoms with E-state index >= 15 is 0 Å². The van der Waals surface area contributed by atoms with Gasteiger partial charge in [0.2, 0.25) is 0 Å². The maximum atomic E-state index is 13.0. The standard InChI is InChI=1S/C12H20F5N3O/c1-2-9(3-4-18)19-5-7-20(8-6-19)10(21)11(13,14)12(15,16)17/h9H,2-8,18H2,1H3. The Morgan fingerprint density at radius 2 is 1.67 bits per heavy atom. The normalized spacial score (nSPS) is 19.7. The maximum absolute atomic E-state index is 13.0. The van der Waals surface area contributed by atoms with Gasteiger partial charge in [0.15, 0.2) is 0 Å². The first-order valence-electron chi connectivity index (χ1n) is 6.83. The molecule has 1 rings (SSSR count). The second-order valence-corrected chi connectivity index (χ2v) is 5.04. The Morgan fingerprint density at radius 1 is 1.14 bits per heavy atom. The predicted octanol–water partition coefficient (Wildman–Crippen LogP) is 1.46. The minimum absolute atomic E-state index is 0.133. The maximum Gasteiger partial charge on any atom is 0.463 e. The highest BCUT2D eigenvalue weighted by Gasteiger charge is 2.64. The molecule has 0 spiro atoms. The van der Waals surface area contributed by atoms with Crippen molar-refractivity contribution in [3.05, 3.63) is 0 Å². The summed E-state index contributed by atoms with van der Waals surface area (Å²) in [5.74, 6) is -7.49. The molecule has 0 aliphatic carbocycles. The number of hydrogen-bond donors (Lipinski definition) is 1. The van der Waals surface area contributed by atoms with Gasteiger partial charge in [0.25, 0.3) is 0 Å². The van der Waals surface area contributed by atoms with Crippen molar-refractivity contribution in [2.24, 2.45) is 5.73 Å². The molecular weight excluding hydrogens is 297 g/mol. The van der Waals surface area contributed by atoms with Gasteiger partial charge in [-0.15, -0.1) is 0 Å². The highest BCUT2D eigenvalue weighted by molar-refractivity contribution is 5.84. The lowest BCUT2D eigenvalue weighted by Gasteiger charge is -2.40. The van der Waals surface area contributed by atoms with E-state index in [1.165, 1.54) is 0 Å². The molecule has 1 saturated heterocycles. The fourth-order valence-corrected chi connectivity index (χ4v) is 2.45. The van der Waals surface area contributed by atoms with E-state index in [1.807, 2.05) is 11.8 Å². The van der Waals surface area contributed by atoms with Crippen LogP contribution in [0.5, 0.6) is 0 Å². The zero-order valence-corrected chi connectivity index (χ0v) is 11.8. The SMILES string of the molecule is CCC(CCN)N1CCN(C(=O)C(F)(F)C(F)(F)F)CC1. The van der Waals surface area contributed by atoms with Crippen molar-refractivity contribution in [3.63, 3.8) is 0 Å². The summed E-state index contributed by atoms with van der Waals surface area (Å²) < 4.78 is 62.5. The number of carbonyl (C=O) groups excluding carboxylic acids is 1. The van der Waals surface area contributed by atoms with Crippen LogP contribution in [0.25, 0.3) is 0 Å². The molecule has 1 amide bonds. The van der Waals surface area contributed by atoms with Crippen molar-refractivity contribution in [1.29, 1.82) is 0 Å². The van der Waals surface area contributed by atoms with Crippen LogP contribution in [0.15, 0.2) is 0 Å². The van der Waals surface area contributed by atoms with Crippen LogP contribution in [0, 0.1) is 0 Å². The minimum atomic E-state index is -5.85. The van der Waals surface area contributed by atoms with Gasteiger partial charge in [-0.25, -0.2) is 0 Å². The zero-order chi connectivity index (χ0) is 16.3. The van der Waals surface area contributed by atoms with Crippen molar-refractivity contribution < 1.29 is 26.7 Å². The molecule has 2 N–H and O–H groups in total. The van der Waals surface area contributed by atoms with Crippen molar-refractivity contribution in [3.8, 4) is 0 Å². The van der Waals surface area contributed by atoms with E-state index in [0.717, 1.165) is 12.8 Å². The lowest BCUT2D eigenvalue weighted by molar-refractivity contribution is -0.275. The fraction of sp³-hybridized carbons (Fsp3) is 0.917. The number of rotatable bonds is 5. The molecule has 0 radical (unpaired) electrons. The summed E-state index contributed by atoms with van der Waals surface area (Å²) in [6, 6.07) is 0.162. The molecule has 0 aromatic rings. The lowest BCUT2D eigenvalue weighted by Crippen LogP contribution is -2.58. The van der Waals surface area contributed by atoms with Gasteiger partial charge in [-0.1, -0.05) is 6.92 Å². The van der Waals surface area contributed by atoms with Gasteiger partial charge in [-0.3, -0.25) is 9.69 Å². The number of nitrogens with two attached hydrogens (primary N) is 1. The number of nitrogens with zero attached hydrogens (tertiary/aromatic N) is 2. The Kier molecular flexibility index (Phi) is 5.92. The minimum Gasteiger partial charge on any atom is -0.335 e. The average molecular weight is 317 g/mol. The average Bonchev–Trinajstić information content (AvgIpc) is 2.43. The number of halogens is 5. The number of carbonyl (C=O) groups is 1. The monoisotopic (exact) mass is 317 g/mol. The summed E-state index contributed by atoms with van der Waals surface area (Å²) >= 11 is 0. The molecule has 1 aliphatic heterocycles. The number of hydrogen-bond acceptors (Lipinski definition) is 3. The Bertz CT molecular complexity index is 353. The first-order chi connectivity index (χ1) is 9.65. The summed E-state index contributed by atoms with van der Waals surface area (Å²) in [5, 5.41) is 0. The number of alkyl halides is 5. The molecule has 21 heavy (non-hydrogen) atoms. The Labute approximate surface area is 120 Å². The van der Waals surface area contributed by atoms with Crippen LogP contribution in [-0.4, -0.2) is 66.6 Å². The van der Waals surface area contributed by atoms with Gasteiger partial charge in [0, 0.05) is 32.2 Å². The van der Waals surface area contributed by atoms with E-state index in [0.29, 0.717) is 11.4 Å². The van der Waals surface area contributed by atoms with Crippen LogP contribution in [-0.2, 0) is 4.79 Å². The first-order valence-corrected chi connectivity index (χ1v) is 6.83. The van der Waals surface area contributed by atoms with E-state index in [2.05, 4.69) is 0 Å². The third kappa shape index (κ3) is 4.03. The molecule has 0 aromatic carbocycles. The van der Waals surface area contributed by atoms with E-state index in [9.17, 15) is 26.7 Å². The number of piperazine rings is 1. The van der Waals surface area contributed by atoms with Crippen LogP contribution >= 0.6 is 0 Å². The van der Waals surface area contributed by atoms with E-state index < -0.39 is 18.0 Å². The summed E-state index contributed by atoms with van der Waals surface area (Å²) in [6.07, 6.45) is -4.32. The van der Waals surface area contributed by atoms with Crippen LogP contribution < -0.4 is 5.73 Å². The van der Waals surface area contributed by atoms with Gasteiger partial charge in [-0.2, -0.15) is 22.0 Å². The zero-order valence-electron chi connectivity index (χ0n) is 11.8. The van der Waals surface area contributed by atoms with Gasteiger partial charge in [0.05, 0.1) is 0 Å². The Morgan fingerprint density at radius 3 is 2.05 bits per heavy atom. The highest BCUT2D eigenvalue weighted by Crippen LogP contribution is 2.37. The molecule has 0 bridgehead atoms. The largest absolute Gasteiger partial charge is 0.463 e. The summed E-state index contributed by atoms with van der Waals surface area (Å²) in [4.78, 5) is 13.9. The van der Waals surface area contributed by atoms with E-state index in [1.54, 1.807) is 0 Å². The first kappa shape index (κ1) is 18.1. The van der Waals surface area contributed by atoms with E-state index in [4.69, 9.17) is 5.73 Å². The molecule has 1 aliphatic rings. The molecule has 1 heterocycles. The third-order valence-electron chi connectivity index (χ3n) is 3.71. The highest BCUT2D eigenvalue weighted by atomic mass is 19.4. The molecule has 9 heteroatoms. The van der Waals surface area contributed by atoms with E-state index in [-0.39, 0.29) is 32.2 Å². The predicted molar refractivity (Wildman–Crippen MR) is 66.9 cm³/mol. The van der Waals surface area contributed by atoms with Gasteiger partial charge in [-0.05, 0) is 19.4 Å². The third-order valence-corrected chi connectivity index (χ3v) is 3.71. The van der Waals surface area contributed by atoms with Crippen molar-refractivity contribution >= 4 is 5.91 Å². The second kappa shape index (κ2) is 6.87. The fourth-order valence-electron chi connectivity index (χ4n) is 2.45. The molecule has 0 aromatic heterocycles.